The second-order valence-electron chi connectivity index (χ2n) is 8.41. The number of nitrogens with zero attached hydrogens (tertiary/aromatic N) is 3. The van der Waals surface area contributed by atoms with Gasteiger partial charge in [-0.3, -0.25) is 4.79 Å². The summed E-state index contributed by atoms with van der Waals surface area (Å²) in [5, 5.41) is 0. The Hall–Kier alpha value is -2.38. The van der Waals surface area contributed by atoms with E-state index in [-0.39, 0.29) is 16.7 Å². The molecule has 2 heterocycles. The number of benzene rings is 2. The summed E-state index contributed by atoms with van der Waals surface area (Å²) >= 11 is 0. The van der Waals surface area contributed by atoms with Crippen molar-refractivity contribution >= 4 is 27.3 Å². The van der Waals surface area contributed by atoms with Crippen molar-refractivity contribution in [3.63, 3.8) is 0 Å². The minimum atomic E-state index is -3.47. The average molecular weight is 428 g/mol. The molecule has 0 atom stereocenters. The Kier molecular flexibility index (Phi) is 5.59. The topological polar surface area (TPSA) is 60.9 Å². The van der Waals surface area contributed by atoms with Crippen LogP contribution in [-0.4, -0.2) is 52.4 Å². The lowest BCUT2D eigenvalue weighted by Gasteiger charge is -2.34. The molecule has 0 aromatic heterocycles. The van der Waals surface area contributed by atoms with Crippen LogP contribution in [0.1, 0.15) is 24.0 Å². The zero-order valence-electron chi connectivity index (χ0n) is 17.8. The van der Waals surface area contributed by atoms with Gasteiger partial charge in [-0.1, -0.05) is 17.7 Å². The summed E-state index contributed by atoms with van der Waals surface area (Å²) in [5.41, 5.74) is 4.26. The Morgan fingerprint density at radius 2 is 1.67 bits per heavy atom. The molecule has 1 fully saturated rings. The molecule has 6 nitrogen and oxygen atoms in total. The van der Waals surface area contributed by atoms with Crippen LogP contribution in [0.2, 0.25) is 0 Å². The Labute approximate surface area is 179 Å². The number of piperidine rings is 1. The Balaban J connectivity index is 1.44. The highest BCUT2D eigenvalue weighted by atomic mass is 32.2. The lowest BCUT2D eigenvalue weighted by atomic mass is 9.94. The van der Waals surface area contributed by atoms with Crippen LogP contribution in [0, 0.1) is 12.8 Å². The maximum absolute atomic E-state index is 13.2. The fourth-order valence-electron chi connectivity index (χ4n) is 4.34. The Bertz CT molecular complexity index is 1040. The van der Waals surface area contributed by atoms with Gasteiger partial charge in [0.05, 0.1) is 4.90 Å². The van der Waals surface area contributed by atoms with E-state index in [1.165, 1.54) is 29.7 Å². The molecule has 0 aliphatic carbocycles. The van der Waals surface area contributed by atoms with Crippen molar-refractivity contribution in [3.05, 3.63) is 53.6 Å². The van der Waals surface area contributed by atoms with Crippen molar-refractivity contribution in [2.75, 3.05) is 43.5 Å². The van der Waals surface area contributed by atoms with E-state index in [4.69, 9.17) is 0 Å². The molecular weight excluding hydrogens is 398 g/mol. The van der Waals surface area contributed by atoms with Crippen LogP contribution in [0.5, 0.6) is 0 Å². The standard InChI is InChI=1S/C23H29N3O3S/c1-17-4-6-20(7-5-17)25-13-10-18(11-14-25)23(27)26-15-12-19-16-21(8-9-22(19)26)30(28,29)24(2)3/h4-9,16,18H,10-15H2,1-3H3. The number of anilines is 2. The third-order valence-electron chi connectivity index (χ3n) is 6.23. The number of amides is 1. The van der Waals surface area contributed by atoms with Gasteiger partial charge < -0.3 is 9.80 Å². The summed E-state index contributed by atoms with van der Waals surface area (Å²) in [6.45, 7) is 4.46. The van der Waals surface area contributed by atoms with Crippen molar-refractivity contribution < 1.29 is 13.2 Å². The van der Waals surface area contributed by atoms with Crippen LogP contribution in [-0.2, 0) is 21.2 Å². The largest absolute Gasteiger partial charge is 0.371 e. The van der Waals surface area contributed by atoms with Gasteiger partial charge >= 0.3 is 0 Å². The van der Waals surface area contributed by atoms with Gasteiger partial charge in [0.2, 0.25) is 15.9 Å². The van der Waals surface area contributed by atoms with Gasteiger partial charge in [-0.25, -0.2) is 12.7 Å². The summed E-state index contributed by atoms with van der Waals surface area (Å²) in [6, 6.07) is 13.7. The molecule has 0 radical (unpaired) electrons. The first-order valence-electron chi connectivity index (χ1n) is 10.5. The van der Waals surface area contributed by atoms with Crippen LogP contribution in [0.25, 0.3) is 0 Å². The molecule has 2 aliphatic heterocycles. The number of fused-ring (bicyclic) bond motifs is 1. The number of carbonyl (C=O) groups excluding carboxylic acids is 1. The molecule has 7 heteroatoms. The number of hydrogen-bond acceptors (Lipinski definition) is 4. The van der Waals surface area contributed by atoms with Crippen molar-refractivity contribution in [2.45, 2.75) is 31.1 Å². The molecule has 2 aromatic carbocycles. The molecule has 2 aliphatic rings. The van der Waals surface area contributed by atoms with Gasteiger partial charge in [-0.15, -0.1) is 0 Å². The molecule has 0 N–H and O–H groups in total. The molecular formula is C23H29N3O3S. The maximum atomic E-state index is 13.2. The molecule has 4 rings (SSSR count). The fraction of sp³-hybridized carbons (Fsp3) is 0.435. The molecule has 1 saturated heterocycles. The number of aryl methyl sites for hydroxylation is 1. The molecule has 0 bridgehead atoms. The predicted octanol–water partition coefficient (Wildman–Crippen LogP) is 3.05. The van der Waals surface area contributed by atoms with Crippen molar-refractivity contribution in [2.24, 2.45) is 5.92 Å². The van der Waals surface area contributed by atoms with E-state index < -0.39 is 10.0 Å². The van der Waals surface area contributed by atoms with Crippen LogP contribution in [0.4, 0.5) is 11.4 Å². The average Bonchev–Trinajstić information content (AvgIpc) is 3.17. The van der Waals surface area contributed by atoms with Gasteiger partial charge in [0.25, 0.3) is 0 Å². The van der Waals surface area contributed by atoms with Crippen LogP contribution >= 0.6 is 0 Å². The third kappa shape index (κ3) is 3.84. The molecule has 30 heavy (non-hydrogen) atoms. The monoisotopic (exact) mass is 427 g/mol. The van der Waals surface area contributed by atoms with Gasteiger partial charge in [0.15, 0.2) is 0 Å². The quantitative estimate of drug-likeness (QED) is 0.753. The van der Waals surface area contributed by atoms with Crippen LogP contribution in [0.3, 0.4) is 0 Å². The molecule has 160 valence electrons. The molecule has 0 unspecified atom stereocenters. The Morgan fingerprint density at radius 1 is 1.00 bits per heavy atom. The van der Waals surface area contributed by atoms with E-state index >= 15 is 0 Å². The molecule has 0 saturated carbocycles. The molecule has 1 amide bonds. The van der Waals surface area contributed by atoms with Crippen molar-refractivity contribution in [3.8, 4) is 0 Å². The van der Waals surface area contributed by atoms with E-state index in [1.807, 2.05) is 4.90 Å². The number of rotatable bonds is 4. The van der Waals surface area contributed by atoms with E-state index in [1.54, 1.807) is 18.2 Å². The van der Waals surface area contributed by atoms with E-state index in [0.29, 0.717) is 13.0 Å². The van der Waals surface area contributed by atoms with Gasteiger partial charge in [0.1, 0.15) is 0 Å². The van der Waals surface area contributed by atoms with E-state index in [0.717, 1.165) is 37.2 Å². The lowest BCUT2D eigenvalue weighted by Crippen LogP contribution is -2.42. The second kappa shape index (κ2) is 8.04. The van der Waals surface area contributed by atoms with E-state index in [9.17, 15) is 13.2 Å². The fourth-order valence-corrected chi connectivity index (χ4v) is 5.29. The zero-order valence-corrected chi connectivity index (χ0v) is 18.7. The SMILES string of the molecule is Cc1ccc(N2CCC(C(=O)N3CCc4cc(S(=O)(=O)N(C)C)ccc43)CC2)cc1. The minimum Gasteiger partial charge on any atom is -0.371 e. The summed E-state index contributed by atoms with van der Waals surface area (Å²) in [6.07, 6.45) is 2.37. The lowest BCUT2D eigenvalue weighted by molar-refractivity contribution is -0.122. The third-order valence-corrected chi connectivity index (χ3v) is 8.05. The number of hydrogen-bond donors (Lipinski definition) is 0. The highest BCUT2D eigenvalue weighted by molar-refractivity contribution is 7.89. The highest BCUT2D eigenvalue weighted by Gasteiger charge is 2.33. The smallest absolute Gasteiger partial charge is 0.242 e. The predicted molar refractivity (Wildman–Crippen MR) is 119 cm³/mol. The minimum absolute atomic E-state index is 0.0165. The number of sulfonamides is 1. The first-order valence-corrected chi connectivity index (χ1v) is 11.9. The van der Waals surface area contributed by atoms with Gasteiger partial charge in [-0.2, -0.15) is 0 Å². The maximum Gasteiger partial charge on any atom is 0.242 e. The van der Waals surface area contributed by atoms with Gasteiger partial charge in [0, 0.05) is 51.0 Å². The van der Waals surface area contributed by atoms with Crippen LogP contribution < -0.4 is 9.80 Å². The highest BCUT2D eigenvalue weighted by Crippen LogP contribution is 2.34. The van der Waals surface area contributed by atoms with Crippen LogP contribution in [0.15, 0.2) is 47.4 Å². The van der Waals surface area contributed by atoms with Crippen molar-refractivity contribution in [1.29, 1.82) is 0 Å². The number of carbonyl (C=O) groups is 1. The summed E-state index contributed by atoms with van der Waals surface area (Å²) in [5.74, 6) is 0.184. The summed E-state index contributed by atoms with van der Waals surface area (Å²) in [4.78, 5) is 17.7. The van der Waals surface area contributed by atoms with E-state index in [2.05, 4.69) is 36.1 Å². The van der Waals surface area contributed by atoms with Gasteiger partial charge in [-0.05, 0) is 62.1 Å². The zero-order chi connectivity index (χ0) is 21.5. The normalized spacial score (nSPS) is 17.5. The summed E-state index contributed by atoms with van der Waals surface area (Å²) < 4.78 is 26.0. The second-order valence-corrected chi connectivity index (χ2v) is 10.6. The Morgan fingerprint density at radius 3 is 2.30 bits per heavy atom. The molecule has 2 aromatic rings. The molecule has 0 spiro atoms. The first kappa shape index (κ1) is 20.9. The summed E-state index contributed by atoms with van der Waals surface area (Å²) in [7, 11) is -0.409. The first-order chi connectivity index (χ1) is 14.3. The van der Waals surface area contributed by atoms with Crippen molar-refractivity contribution in [1.82, 2.24) is 4.31 Å².